The Morgan fingerprint density at radius 1 is 1.24 bits per heavy atom. The number of hydrogen-bond acceptors (Lipinski definition) is 5. The van der Waals surface area contributed by atoms with Crippen LogP contribution in [0.1, 0.15) is 42.3 Å². The van der Waals surface area contributed by atoms with Crippen molar-refractivity contribution < 1.29 is 19.4 Å². The lowest BCUT2D eigenvalue weighted by atomic mass is 10.0. The summed E-state index contributed by atoms with van der Waals surface area (Å²) in [6, 6.07) is 15.4. The molecule has 6 heteroatoms. The van der Waals surface area contributed by atoms with Gasteiger partial charge in [0.15, 0.2) is 5.78 Å². The number of ketones is 1. The van der Waals surface area contributed by atoms with Crippen LogP contribution in [0.5, 0.6) is 5.75 Å². The number of halogens is 1. The molecule has 2 aromatic rings. The molecule has 2 aromatic carbocycles. The molecule has 0 aliphatic carbocycles. The number of carbonyl (C=O) groups excluding carboxylic acids is 1. The van der Waals surface area contributed by atoms with Gasteiger partial charge in [0, 0.05) is 35.6 Å². The van der Waals surface area contributed by atoms with Gasteiger partial charge in [-0.05, 0) is 48.9 Å². The standard InChI is InChI=1S/C23H28BrNO4/c1-3-22(27)17-6-10-21(11-7-17)29-15-20(26)14-25-12-13-28-23(16(25)2)18-4-8-19(24)9-5-18/h4-11,16,20,23,26H,3,12-15H2,1-2H3. The van der Waals surface area contributed by atoms with Crippen LogP contribution in [-0.2, 0) is 4.74 Å². The molecule has 0 saturated carbocycles. The van der Waals surface area contributed by atoms with E-state index in [9.17, 15) is 9.90 Å². The van der Waals surface area contributed by atoms with Crippen molar-refractivity contribution in [2.24, 2.45) is 0 Å². The smallest absolute Gasteiger partial charge is 0.162 e. The van der Waals surface area contributed by atoms with Crippen molar-refractivity contribution in [2.75, 3.05) is 26.3 Å². The van der Waals surface area contributed by atoms with E-state index in [0.717, 1.165) is 16.6 Å². The molecule has 0 bridgehead atoms. The first-order valence-corrected chi connectivity index (χ1v) is 10.8. The molecule has 0 radical (unpaired) electrons. The van der Waals surface area contributed by atoms with Crippen LogP contribution >= 0.6 is 15.9 Å². The van der Waals surface area contributed by atoms with Gasteiger partial charge >= 0.3 is 0 Å². The van der Waals surface area contributed by atoms with Crippen LogP contribution in [0, 0.1) is 0 Å². The van der Waals surface area contributed by atoms with Crippen molar-refractivity contribution in [3.05, 3.63) is 64.1 Å². The summed E-state index contributed by atoms with van der Waals surface area (Å²) in [5.74, 6) is 0.762. The predicted octanol–water partition coefficient (Wildman–Crippen LogP) is 4.24. The number of nitrogens with zero attached hydrogens (tertiary/aromatic N) is 1. The largest absolute Gasteiger partial charge is 0.491 e. The maximum Gasteiger partial charge on any atom is 0.162 e. The first-order valence-electron chi connectivity index (χ1n) is 10.0. The summed E-state index contributed by atoms with van der Waals surface area (Å²) in [6.07, 6.45) is -0.149. The van der Waals surface area contributed by atoms with E-state index in [-0.39, 0.29) is 24.5 Å². The first kappa shape index (κ1) is 22.0. The van der Waals surface area contributed by atoms with Crippen molar-refractivity contribution >= 4 is 21.7 Å². The number of rotatable bonds is 8. The molecule has 1 fully saturated rings. The van der Waals surface area contributed by atoms with Crippen molar-refractivity contribution in [3.63, 3.8) is 0 Å². The second kappa shape index (κ2) is 10.3. The van der Waals surface area contributed by atoms with E-state index in [0.29, 0.717) is 30.9 Å². The van der Waals surface area contributed by atoms with Crippen molar-refractivity contribution in [2.45, 2.75) is 38.5 Å². The Balaban J connectivity index is 1.52. The summed E-state index contributed by atoms with van der Waals surface area (Å²) in [5, 5.41) is 10.5. The Kier molecular flexibility index (Phi) is 7.84. The molecule has 3 rings (SSSR count). The number of Topliss-reactive ketones (excluding diaryl/α,β-unsaturated/α-hetero) is 1. The topological polar surface area (TPSA) is 59.0 Å². The Morgan fingerprint density at radius 2 is 1.93 bits per heavy atom. The van der Waals surface area contributed by atoms with Crippen LogP contribution in [0.25, 0.3) is 0 Å². The molecule has 1 heterocycles. The van der Waals surface area contributed by atoms with E-state index in [1.807, 2.05) is 19.1 Å². The minimum Gasteiger partial charge on any atom is -0.491 e. The Labute approximate surface area is 180 Å². The summed E-state index contributed by atoms with van der Waals surface area (Å²) in [7, 11) is 0. The summed E-state index contributed by atoms with van der Waals surface area (Å²) in [4.78, 5) is 13.9. The van der Waals surface area contributed by atoms with E-state index in [2.05, 4.69) is 39.9 Å². The second-order valence-electron chi connectivity index (χ2n) is 7.34. The van der Waals surface area contributed by atoms with Gasteiger partial charge in [-0.2, -0.15) is 0 Å². The quantitative estimate of drug-likeness (QED) is 0.595. The lowest BCUT2D eigenvalue weighted by molar-refractivity contribution is -0.0804. The highest BCUT2D eigenvalue weighted by Gasteiger charge is 2.31. The molecular formula is C23H28BrNO4. The number of β-amino-alcohol motifs (C(OH)–C–C–N with tert-alkyl or cyclic N) is 1. The molecular weight excluding hydrogens is 434 g/mol. The van der Waals surface area contributed by atoms with Gasteiger partial charge in [0.25, 0.3) is 0 Å². The Hall–Kier alpha value is -1.73. The number of hydrogen-bond donors (Lipinski definition) is 1. The lowest BCUT2D eigenvalue weighted by Crippen LogP contribution is -2.49. The summed E-state index contributed by atoms with van der Waals surface area (Å²) >= 11 is 3.47. The Morgan fingerprint density at radius 3 is 2.59 bits per heavy atom. The zero-order valence-corrected chi connectivity index (χ0v) is 18.5. The average Bonchev–Trinajstić information content (AvgIpc) is 2.74. The molecule has 1 aliphatic heterocycles. The first-order chi connectivity index (χ1) is 14.0. The fourth-order valence-electron chi connectivity index (χ4n) is 3.57. The van der Waals surface area contributed by atoms with Gasteiger partial charge in [-0.25, -0.2) is 0 Å². The third-order valence-corrected chi connectivity index (χ3v) is 5.80. The van der Waals surface area contributed by atoms with Gasteiger partial charge in [0.1, 0.15) is 18.5 Å². The van der Waals surface area contributed by atoms with Crippen LogP contribution in [0.2, 0.25) is 0 Å². The minimum absolute atomic E-state index is 0.0198. The Bertz CT molecular complexity index is 794. The molecule has 1 saturated heterocycles. The van der Waals surface area contributed by atoms with Gasteiger partial charge in [0.05, 0.1) is 12.7 Å². The van der Waals surface area contributed by atoms with Crippen molar-refractivity contribution in [3.8, 4) is 5.75 Å². The molecule has 1 N–H and O–H groups in total. The SMILES string of the molecule is CCC(=O)c1ccc(OCC(O)CN2CCOC(c3ccc(Br)cc3)C2C)cc1. The van der Waals surface area contributed by atoms with Crippen LogP contribution in [0.15, 0.2) is 53.0 Å². The third-order valence-electron chi connectivity index (χ3n) is 5.27. The molecule has 0 amide bonds. The van der Waals surface area contributed by atoms with Gasteiger partial charge < -0.3 is 14.6 Å². The number of aliphatic hydroxyl groups is 1. The highest BCUT2D eigenvalue weighted by Crippen LogP contribution is 2.29. The number of aliphatic hydroxyl groups excluding tert-OH is 1. The van der Waals surface area contributed by atoms with Gasteiger partial charge in [0.2, 0.25) is 0 Å². The van der Waals surface area contributed by atoms with E-state index < -0.39 is 6.10 Å². The van der Waals surface area contributed by atoms with E-state index in [1.54, 1.807) is 24.3 Å². The van der Waals surface area contributed by atoms with Crippen LogP contribution < -0.4 is 4.74 Å². The monoisotopic (exact) mass is 461 g/mol. The van der Waals surface area contributed by atoms with Crippen LogP contribution in [0.3, 0.4) is 0 Å². The number of benzene rings is 2. The number of morpholine rings is 1. The number of carbonyl (C=O) groups is 1. The molecule has 1 aliphatic rings. The zero-order chi connectivity index (χ0) is 20.8. The molecule has 156 valence electrons. The predicted molar refractivity (Wildman–Crippen MR) is 116 cm³/mol. The fraction of sp³-hybridized carbons (Fsp3) is 0.435. The van der Waals surface area contributed by atoms with E-state index in [4.69, 9.17) is 9.47 Å². The molecule has 5 nitrogen and oxygen atoms in total. The van der Waals surface area contributed by atoms with Crippen LogP contribution in [0.4, 0.5) is 0 Å². The van der Waals surface area contributed by atoms with Crippen molar-refractivity contribution in [1.29, 1.82) is 0 Å². The maximum atomic E-state index is 11.7. The highest BCUT2D eigenvalue weighted by atomic mass is 79.9. The molecule has 3 atom stereocenters. The van der Waals surface area contributed by atoms with Gasteiger partial charge in [-0.1, -0.05) is 35.0 Å². The number of ether oxygens (including phenoxy) is 2. The van der Waals surface area contributed by atoms with E-state index >= 15 is 0 Å². The van der Waals surface area contributed by atoms with Crippen molar-refractivity contribution in [1.82, 2.24) is 4.90 Å². The highest BCUT2D eigenvalue weighted by molar-refractivity contribution is 9.10. The van der Waals surface area contributed by atoms with Gasteiger partial charge in [-0.3, -0.25) is 9.69 Å². The normalized spacial score (nSPS) is 21.0. The summed E-state index contributed by atoms with van der Waals surface area (Å²) < 4.78 is 12.8. The zero-order valence-electron chi connectivity index (χ0n) is 16.9. The maximum absolute atomic E-state index is 11.7. The van der Waals surface area contributed by atoms with E-state index in [1.165, 1.54) is 0 Å². The average molecular weight is 462 g/mol. The van der Waals surface area contributed by atoms with Gasteiger partial charge in [-0.15, -0.1) is 0 Å². The summed E-state index contributed by atoms with van der Waals surface area (Å²) in [5.41, 5.74) is 1.82. The molecule has 0 aromatic heterocycles. The second-order valence-corrected chi connectivity index (χ2v) is 8.26. The molecule has 29 heavy (non-hydrogen) atoms. The fourth-order valence-corrected chi connectivity index (χ4v) is 3.84. The van der Waals surface area contributed by atoms with Crippen LogP contribution in [-0.4, -0.2) is 54.2 Å². The minimum atomic E-state index is -0.613. The molecule has 0 spiro atoms. The summed E-state index contributed by atoms with van der Waals surface area (Å²) in [6.45, 7) is 6.10. The molecule has 3 unspecified atom stereocenters. The lowest BCUT2D eigenvalue weighted by Gasteiger charge is -2.40. The third kappa shape index (κ3) is 5.89.